The summed E-state index contributed by atoms with van der Waals surface area (Å²) in [6.45, 7) is 6.31. The van der Waals surface area contributed by atoms with Crippen molar-refractivity contribution >= 4 is 11.8 Å². The molecule has 2 amide bonds. The molecule has 0 radical (unpaired) electrons. The van der Waals surface area contributed by atoms with Gasteiger partial charge in [0.05, 0.1) is 6.04 Å². The van der Waals surface area contributed by atoms with E-state index in [0.717, 1.165) is 17.5 Å². The van der Waals surface area contributed by atoms with E-state index in [1.54, 1.807) is 19.1 Å². The smallest absolute Gasteiger partial charge is 0.287 e. The van der Waals surface area contributed by atoms with Gasteiger partial charge >= 0.3 is 0 Å². The van der Waals surface area contributed by atoms with Crippen LogP contribution in [-0.2, 0) is 17.8 Å². The van der Waals surface area contributed by atoms with E-state index in [1.807, 2.05) is 49.1 Å². The Labute approximate surface area is 188 Å². The van der Waals surface area contributed by atoms with E-state index in [-0.39, 0.29) is 36.3 Å². The molecular weight excluding hydrogens is 404 g/mol. The number of carbonyl (C=O) groups is 2. The Morgan fingerprint density at radius 3 is 2.62 bits per heavy atom. The van der Waals surface area contributed by atoms with Crippen LogP contribution in [0, 0.1) is 0 Å². The second-order valence-corrected chi connectivity index (χ2v) is 8.32. The lowest BCUT2D eigenvalue weighted by Crippen LogP contribution is -2.39. The number of benzene rings is 2. The highest BCUT2D eigenvalue weighted by molar-refractivity contribution is 5.91. The molecule has 166 valence electrons. The van der Waals surface area contributed by atoms with E-state index in [2.05, 4.69) is 23.5 Å². The summed E-state index contributed by atoms with van der Waals surface area (Å²) in [6.07, 6.45) is 0.811. The highest BCUT2D eigenvalue weighted by Crippen LogP contribution is 2.37. The number of hydrogen-bond acceptors (Lipinski definition) is 4. The molecule has 1 atom stereocenters. The van der Waals surface area contributed by atoms with Crippen molar-refractivity contribution in [3.8, 4) is 5.75 Å². The first-order chi connectivity index (χ1) is 15.4. The van der Waals surface area contributed by atoms with Crippen molar-refractivity contribution in [2.75, 3.05) is 6.54 Å². The van der Waals surface area contributed by atoms with Crippen LogP contribution in [0.3, 0.4) is 0 Å². The van der Waals surface area contributed by atoms with Gasteiger partial charge in [-0.05, 0) is 61.2 Å². The molecule has 32 heavy (non-hydrogen) atoms. The maximum atomic E-state index is 12.4. The molecule has 0 aliphatic carbocycles. The highest BCUT2D eigenvalue weighted by Gasteiger charge is 2.30. The standard InChI is InChI=1S/C26H28N2O4/c1-17(2)27-26(30)24-12-11-22(32-24)16-31-21-10-9-19-13-14-28(18(3)29)25(23(19)15-21)20-7-5-4-6-8-20/h4-12,15,17,25H,13-14,16H2,1-3H3,(H,27,30). The first kappa shape index (κ1) is 21.7. The maximum absolute atomic E-state index is 12.4. The molecule has 0 saturated heterocycles. The molecule has 1 unspecified atom stereocenters. The van der Waals surface area contributed by atoms with E-state index < -0.39 is 0 Å². The second-order valence-electron chi connectivity index (χ2n) is 8.32. The van der Waals surface area contributed by atoms with Crippen LogP contribution in [0.5, 0.6) is 5.75 Å². The average molecular weight is 433 g/mol. The lowest BCUT2D eigenvalue weighted by atomic mass is 9.88. The van der Waals surface area contributed by atoms with Gasteiger partial charge in [-0.1, -0.05) is 36.4 Å². The molecule has 4 rings (SSSR count). The van der Waals surface area contributed by atoms with E-state index >= 15 is 0 Å². The largest absolute Gasteiger partial charge is 0.486 e. The minimum absolute atomic E-state index is 0.0370. The van der Waals surface area contributed by atoms with Crippen LogP contribution in [0.2, 0.25) is 0 Å². The molecule has 1 aliphatic rings. The van der Waals surface area contributed by atoms with Gasteiger partial charge in [-0.2, -0.15) is 0 Å². The Bertz CT molecular complexity index is 1100. The van der Waals surface area contributed by atoms with E-state index in [0.29, 0.717) is 18.1 Å². The first-order valence-electron chi connectivity index (χ1n) is 10.9. The first-order valence-corrected chi connectivity index (χ1v) is 10.9. The number of nitrogens with one attached hydrogen (secondary N) is 1. The molecule has 0 bridgehead atoms. The number of fused-ring (bicyclic) bond motifs is 1. The van der Waals surface area contributed by atoms with Crippen molar-refractivity contribution in [1.29, 1.82) is 0 Å². The van der Waals surface area contributed by atoms with Gasteiger partial charge in [-0.25, -0.2) is 0 Å². The Morgan fingerprint density at radius 1 is 1.12 bits per heavy atom. The number of amides is 2. The topological polar surface area (TPSA) is 71.8 Å². The van der Waals surface area contributed by atoms with E-state index in [4.69, 9.17) is 9.15 Å². The number of nitrogens with zero attached hydrogens (tertiary/aromatic N) is 1. The molecule has 1 N–H and O–H groups in total. The molecule has 2 heterocycles. The highest BCUT2D eigenvalue weighted by atomic mass is 16.5. The maximum Gasteiger partial charge on any atom is 0.287 e. The summed E-state index contributed by atoms with van der Waals surface area (Å²) in [4.78, 5) is 26.4. The minimum atomic E-state index is -0.241. The van der Waals surface area contributed by atoms with E-state index in [1.165, 1.54) is 5.56 Å². The SMILES string of the molecule is CC(=O)N1CCc2ccc(OCc3ccc(C(=O)NC(C)C)o3)cc2C1c1ccccc1. The van der Waals surface area contributed by atoms with Crippen molar-refractivity contribution in [3.05, 3.63) is 88.9 Å². The Hall–Kier alpha value is -3.54. The van der Waals surface area contributed by atoms with Gasteiger partial charge in [0.1, 0.15) is 18.1 Å². The molecular formula is C26H28N2O4. The van der Waals surface area contributed by atoms with Gasteiger partial charge in [0.25, 0.3) is 5.91 Å². The van der Waals surface area contributed by atoms with Gasteiger partial charge in [0, 0.05) is 19.5 Å². The van der Waals surface area contributed by atoms with Crippen LogP contribution in [-0.4, -0.2) is 29.3 Å². The number of ether oxygens (including phenoxy) is 1. The van der Waals surface area contributed by atoms with Gasteiger partial charge < -0.3 is 19.4 Å². The van der Waals surface area contributed by atoms with Crippen LogP contribution < -0.4 is 10.1 Å². The van der Waals surface area contributed by atoms with Crippen molar-refractivity contribution < 1.29 is 18.7 Å². The lowest BCUT2D eigenvalue weighted by molar-refractivity contribution is -0.130. The minimum Gasteiger partial charge on any atom is -0.486 e. The molecule has 0 spiro atoms. The molecule has 6 heteroatoms. The molecule has 2 aromatic carbocycles. The zero-order chi connectivity index (χ0) is 22.7. The summed E-state index contributed by atoms with van der Waals surface area (Å²) in [5.41, 5.74) is 3.37. The molecule has 3 aromatic rings. The van der Waals surface area contributed by atoms with Crippen molar-refractivity contribution in [1.82, 2.24) is 10.2 Å². The zero-order valence-corrected chi connectivity index (χ0v) is 18.6. The zero-order valence-electron chi connectivity index (χ0n) is 18.6. The Balaban J connectivity index is 1.54. The fraction of sp³-hybridized carbons (Fsp3) is 0.308. The monoisotopic (exact) mass is 432 g/mol. The van der Waals surface area contributed by atoms with Crippen LogP contribution in [0.4, 0.5) is 0 Å². The summed E-state index contributed by atoms with van der Waals surface area (Å²) in [5.74, 6) is 1.35. The van der Waals surface area contributed by atoms with E-state index in [9.17, 15) is 9.59 Å². The van der Waals surface area contributed by atoms with Gasteiger partial charge in [0.2, 0.25) is 5.91 Å². The molecule has 0 saturated carbocycles. The predicted octanol–water partition coefficient (Wildman–Crippen LogP) is 4.49. The lowest BCUT2D eigenvalue weighted by Gasteiger charge is -2.37. The van der Waals surface area contributed by atoms with Crippen LogP contribution in [0.25, 0.3) is 0 Å². The second kappa shape index (κ2) is 9.30. The van der Waals surface area contributed by atoms with Crippen LogP contribution in [0.15, 0.2) is 65.1 Å². The van der Waals surface area contributed by atoms with Gasteiger partial charge in [-0.3, -0.25) is 9.59 Å². The Kier molecular flexibility index (Phi) is 6.30. The fourth-order valence-corrected chi connectivity index (χ4v) is 4.08. The van der Waals surface area contributed by atoms with Gasteiger partial charge in [-0.15, -0.1) is 0 Å². The van der Waals surface area contributed by atoms with Crippen molar-refractivity contribution in [2.45, 2.75) is 45.9 Å². The third-order valence-electron chi connectivity index (χ3n) is 5.55. The molecule has 1 aromatic heterocycles. The summed E-state index contributed by atoms with van der Waals surface area (Å²) < 4.78 is 11.6. The summed E-state index contributed by atoms with van der Waals surface area (Å²) >= 11 is 0. The number of hydrogen-bond donors (Lipinski definition) is 1. The average Bonchev–Trinajstić information content (AvgIpc) is 3.26. The number of furan rings is 1. The van der Waals surface area contributed by atoms with Crippen LogP contribution >= 0.6 is 0 Å². The summed E-state index contributed by atoms with van der Waals surface area (Å²) in [5, 5.41) is 2.81. The summed E-state index contributed by atoms with van der Waals surface area (Å²) in [7, 11) is 0. The normalized spacial score (nSPS) is 15.4. The fourth-order valence-electron chi connectivity index (χ4n) is 4.08. The predicted molar refractivity (Wildman–Crippen MR) is 121 cm³/mol. The molecule has 1 aliphatic heterocycles. The Morgan fingerprint density at radius 2 is 1.91 bits per heavy atom. The molecule has 0 fully saturated rings. The molecule has 6 nitrogen and oxygen atoms in total. The number of carbonyl (C=O) groups excluding carboxylic acids is 2. The van der Waals surface area contributed by atoms with Crippen LogP contribution in [0.1, 0.15) is 59.8 Å². The third kappa shape index (κ3) is 4.69. The van der Waals surface area contributed by atoms with Crippen molar-refractivity contribution in [3.63, 3.8) is 0 Å². The summed E-state index contributed by atoms with van der Waals surface area (Å²) in [6, 6.07) is 19.4. The third-order valence-corrected chi connectivity index (χ3v) is 5.55. The van der Waals surface area contributed by atoms with Crippen molar-refractivity contribution in [2.24, 2.45) is 0 Å². The quantitative estimate of drug-likeness (QED) is 0.623. The number of rotatable bonds is 6. The van der Waals surface area contributed by atoms with Gasteiger partial charge in [0.15, 0.2) is 5.76 Å².